The first-order valence-corrected chi connectivity index (χ1v) is 26.5. The number of carbonyl (C=O) groups excluding carboxylic acids is 2. The second kappa shape index (κ2) is 25.8. The monoisotopic (exact) mass is 1120 g/mol. The highest BCUT2D eigenvalue weighted by atomic mass is 35.5. The Morgan fingerprint density at radius 2 is 1.10 bits per heavy atom. The smallest absolute Gasteiger partial charge is 0.399 e. The highest BCUT2D eigenvalue weighted by Gasteiger charge is 2.52. The van der Waals surface area contributed by atoms with Gasteiger partial charge in [0, 0.05) is 81.6 Å². The lowest BCUT2D eigenvalue weighted by molar-refractivity contribution is -0.144. The number of benzene rings is 2. The molecular weight excluding hydrogens is 1050 g/mol. The molecule has 0 spiro atoms. The average molecular weight is 1120 g/mol. The molecule has 2 aromatic heterocycles. The molecule has 5 saturated heterocycles. The van der Waals surface area contributed by atoms with Gasteiger partial charge in [-0.2, -0.15) is 26.3 Å². The number of alkyl halides is 6. The molecule has 0 aliphatic carbocycles. The molecule has 4 amide bonds. The van der Waals surface area contributed by atoms with Gasteiger partial charge in [0.15, 0.2) is 0 Å². The van der Waals surface area contributed by atoms with Gasteiger partial charge in [0.1, 0.15) is 11.6 Å². The molecule has 4 N–H and O–H groups in total. The van der Waals surface area contributed by atoms with Gasteiger partial charge in [-0.15, -0.1) is 0 Å². The summed E-state index contributed by atoms with van der Waals surface area (Å²) in [6.07, 6.45) is -9.44. The number of aliphatic hydroxyl groups excluding tert-OH is 2. The van der Waals surface area contributed by atoms with Crippen molar-refractivity contribution in [2.24, 2.45) is 11.8 Å². The molecule has 78 heavy (non-hydrogen) atoms. The first-order valence-electron chi connectivity index (χ1n) is 26.2. The number of anilines is 4. The zero-order chi connectivity index (χ0) is 56.6. The van der Waals surface area contributed by atoms with E-state index >= 15 is 0 Å². The molecule has 16 nitrogen and oxygen atoms in total. The van der Waals surface area contributed by atoms with Crippen LogP contribution in [-0.2, 0) is 32.0 Å². The van der Waals surface area contributed by atoms with E-state index in [9.17, 15) is 41.0 Å². The molecule has 9 rings (SSSR count). The minimum absolute atomic E-state index is 0.0854. The third kappa shape index (κ3) is 16.6. The quantitative estimate of drug-likeness (QED) is 0.0877. The van der Waals surface area contributed by atoms with Crippen molar-refractivity contribution in [3.05, 3.63) is 88.2 Å². The fourth-order valence-electron chi connectivity index (χ4n) is 9.71. The number of amides is 4. The van der Waals surface area contributed by atoms with Crippen molar-refractivity contribution in [2.75, 3.05) is 99.2 Å². The summed E-state index contributed by atoms with van der Waals surface area (Å²) in [5, 5.41) is 25.0. The Morgan fingerprint density at radius 3 is 1.58 bits per heavy atom. The number of rotatable bonds is 10. The van der Waals surface area contributed by atoms with Gasteiger partial charge in [-0.1, -0.05) is 29.3 Å². The molecule has 2 aromatic carbocycles. The van der Waals surface area contributed by atoms with Gasteiger partial charge in [0.2, 0.25) is 0 Å². The Bertz CT molecular complexity index is 2680. The number of carbonyl (C=O) groups is 2. The van der Waals surface area contributed by atoms with Gasteiger partial charge in [-0.05, 0) is 137 Å². The molecule has 0 unspecified atom stereocenters. The number of nitrogens with one attached hydrogen (secondary N) is 2. The van der Waals surface area contributed by atoms with E-state index in [1.807, 2.05) is 77.9 Å². The van der Waals surface area contributed by atoms with Crippen molar-refractivity contribution in [1.29, 1.82) is 0 Å². The highest BCUT2D eigenvalue weighted by Crippen LogP contribution is 2.38. The number of halogens is 7. The van der Waals surface area contributed by atoms with Crippen LogP contribution in [0.2, 0.25) is 5.02 Å². The summed E-state index contributed by atoms with van der Waals surface area (Å²) in [5.74, 6) is 0.465. The van der Waals surface area contributed by atoms with Crippen LogP contribution in [0.1, 0.15) is 75.9 Å². The third-order valence-electron chi connectivity index (χ3n) is 14.7. The molecule has 426 valence electrons. The van der Waals surface area contributed by atoms with E-state index in [1.165, 1.54) is 9.80 Å². The number of hydrogen-bond acceptors (Lipinski definition) is 12. The molecular formula is C54H70BClF6N8O8. The molecule has 4 aromatic rings. The topological polar surface area (TPSA) is 174 Å². The molecule has 0 bridgehead atoms. The summed E-state index contributed by atoms with van der Waals surface area (Å²) in [5.41, 5.74) is 5.80. The summed E-state index contributed by atoms with van der Waals surface area (Å²) in [4.78, 5) is 41.2. The SMILES string of the molecule is Cc1ccc(NC(=O)N2CC[C@@H](CC(F)(F)F)C2)cc1-c1cc(CO)nc(N2CCOCC2)c1.Cc1ccc(NC(=O)N2CC[C@@H](CC(F)(F)F)C2)cc1B1OC(C)(C)C(C)(C)O1.OCc1cc(Cl)cc(N2CCOCC2)n1. The lowest BCUT2D eigenvalue weighted by Crippen LogP contribution is -2.41. The number of likely N-dealkylation sites (tertiary alicyclic amines) is 2. The van der Waals surface area contributed by atoms with Gasteiger partial charge >= 0.3 is 31.5 Å². The number of hydrogen-bond donors (Lipinski definition) is 4. The minimum Gasteiger partial charge on any atom is -0.399 e. The van der Waals surface area contributed by atoms with E-state index in [-0.39, 0.29) is 26.3 Å². The summed E-state index contributed by atoms with van der Waals surface area (Å²) >= 11 is 5.94. The van der Waals surface area contributed by atoms with E-state index in [1.54, 1.807) is 24.3 Å². The maximum Gasteiger partial charge on any atom is 0.495 e. The van der Waals surface area contributed by atoms with Crippen LogP contribution in [0.4, 0.5) is 58.9 Å². The van der Waals surface area contributed by atoms with E-state index in [0.29, 0.717) is 93.2 Å². The maximum atomic E-state index is 12.7. The predicted molar refractivity (Wildman–Crippen MR) is 287 cm³/mol. The first kappa shape index (κ1) is 60.2. The first-order chi connectivity index (χ1) is 36.8. The van der Waals surface area contributed by atoms with E-state index < -0.39 is 67.4 Å². The van der Waals surface area contributed by atoms with Crippen LogP contribution in [0, 0.1) is 25.7 Å². The van der Waals surface area contributed by atoms with Gasteiger partial charge in [-0.25, -0.2) is 19.6 Å². The number of urea groups is 2. The molecule has 5 aliphatic heterocycles. The number of aryl methyl sites for hydroxylation is 2. The molecule has 5 aliphatic rings. The molecule has 24 heteroatoms. The summed E-state index contributed by atoms with van der Waals surface area (Å²) in [6, 6.07) is 17.4. The highest BCUT2D eigenvalue weighted by molar-refractivity contribution is 6.62. The second-order valence-corrected chi connectivity index (χ2v) is 21.7. The van der Waals surface area contributed by atoms with Crippen molar-refractivity contribution >= 4 is 59.3 Å². The Labute approximate surface area is 456 Å². The van der Waals surface area contributed by atoms with E-state index in [2.05, 4.69) is 30.4 Å². The summed E-state index contributed by atoms with van der Waals surface area (Å²) in [6.45, 7) is 18.0. The number of morpholine rings is 2. The number of nitrogens with zero attached hydrogens (tertiary/aromatic N) is 6. The van der Waals surface area contributed by atoms with Gasteiger partial charge in [-0.3, -0.25) is 0 Å². The van der Waals surface area contributed by atoms with Crippen LogP contribution in [0.25, 0.3) is 11.1 Å². The second-order valence-electron chi connectivity index (χ2n) is 21.2. The summed E-state index contributed by atoms with van der Waals surface area (Å²) in [7, 11) is -0.556. The Balaban J connectivity index is 0.000000181. The zero-order valence-corrected chi connectivity index (χ0v) is 45.7. The zero-order valence-electron chi connectivity index (χ0n) is 44.9. The Morgan fingerprint density at radius 1 is 0.654 bits per heavy atom. The van der Waals surface area contributed by atoms with Crippen molar-refractivity contribution < 1.29 is 64.9 Å². The maximum absolute atomic E-state index is 12.7. The number of pyridine rings is 2. The Hall–Kier alpha value is -5.43. The van der Waals surface area contributed by atoms with Gasteiger partial charge in [0.25, 0.3) is 0 Å². The predicted octanol–water partition coefficient (Wildman–Crippen LogP) is 9.36. The van der Waals surface area contributed by atoms with E-state index in [0.717, 1.165) is 52.4 Å². The summed E-state index contributed by atoms with van der Waals surface area (Å²) < 4.78 is 98.6. The van der Waals surface area contributed by atoms with Crippen LogP contribution < -0.4 is 25.9 Å². The fourth-order valence-corrected chi connectivity index (χ4v) is 9.94. The van der Waals surface area contributed by atoms with Crippen molar-refractivity contribution in [3.8, 4) is 11.1 Å². The Kier molecular flexibility index (Phi) is 19.9. The van der Waals surface area contributed by atoms with E-state index in [4.69, 9.17) is 35.5 Å². The average Bonchev–Trinajstić information content (AvgIpc) is 4.12. The van der Waals surface area contributed by atoms with Crippen molar-refractivity contribution in [1.82, 2.24) is 19.8 Å². The third-order valence-corrected chi connectivity index (χ3v) is 14.9. The number of aromatic nitrogens is 2. The lowest BCUT2D eigenvalue weighted by atomic mass is 9.76. The van der Waals surface area contributed by atoms with Crippen molar-refractivity contribution in [3.63, 3.8) is 0 Å². The largest absolute Gasteiger partial charge is 0.495 e. The van der Waals surface area contributed by atoms with Crippen LogP contribution in [-0.4, -0.2) is 152 Å². The molecule has 2 atom stereocenters. The number of aliphatic hydroxyl groups is 2. The van der Waals surface area contributed by atoms with Gasteiger partial charge < -0.3 is 59.2 Å². The fraction of sp³-hybridized carbons (Fsp3) is 0.556. The molecule has 7 heterocycles. The standard InChI is InChI=1S/C24H29F3N4O3.C20H28BF3N2O3.C10H13ClN2O2/c1-16-2-3-19(29-23(33)31-5-4-17(14-31)13-24(25,26)27)12-21(16)18-10-20(15-32)28-22(11-18)30-6-8-34-9-7-30;1-13-6-7-15(10-16(13)21-28-18(2,3)19(4,5)29-21)25-17(27)26-9-8-14(12-26)11-20(22,23)24;11-8-5-9(7-14)12-10(6-8)13-1-3-15-4-2-13/h2-3,10-12,17,32H,4-9,13-15H2,1H3,(H,29,33);6-7,10,14H,8-9,11-12H2,1-5H3,(H,25,27);5-6,14H,1-4,7H2/t17-;14-;/m00./s1. The normalized spacial score (nSPS) is 20.2. The van der Waals surface area contributed by atoms with Crippen LogP contribution in [0.15, 0.2) is 60.7 Å². The van der Waals surface area contributed by atoms with Crippen molar-refractivity contribution in [2.45, 2.75) is 104 Å². The van der Waals surface area contributed by atoms with Gasteiger partial charge in [0.05, 0.1) is 62.2 Å². The molecule has 5 fully saturated rings. The lowest BCUT2D eigenvalue weighted by Gasteiger charge is -2.32. The molecule has 0 radical (unpaired) electrons. The molecule has 0 saturated carbocycles. The van der Waals surface area contributed by atoms with Crippen LogP contribution in [0.3, 0.4) is 0 Å². The van der Waals surface area contributed by atoms with Crippen LogP contribution in [0.5, 0.6) is 0 Å². The number of ether oxygens (including phenoxy) is 2. The van der Waals surface area contributed by atoms with Crippen LogP contribution >= 0.6 is 11.6 Å². The minimum atomic E-state index is -4.22.